The first kappa shape index (κ1) is 12.1. The fraction of sp³-hybridized carbons (Fsp3) is 0.333. The fourth-order valence-corrected chi connectivity index (χ4v) is 2.48. The van der Waals surface area contributed by atoms with Gasteiger partial charge in [-0.15, -0.1) is 11.3 Å². The third-order valence-corrected chi connectivity index (χ3v) is 3.06. The van der Waals surface area contributed by atoms with Gasteiger partial charge in [-0.2, -0.15) is 12.6 Å². The van der Waals surface area contributed by atoms with Crippen molar-refractivity contribution in [2.24, 2.45) is 0 Å². The van der Waals surface area contributed by atoms with Crippen molar-refractivity contribution in [1.82, 2.24) is 0 Å². The van der Waals surface area contributed by atoms with Crippen LogP contribution in [0.3, 0.4) is 0 Å². The quantitative estimate of drug-likeness (QED) is 0.630. The standard InChI is InChI=1S/C9H10O4S2/c1-2-13-9(12)7-5(3-14)6(4-15-7)8(10)11/h4,14H,2-3H2,1H3,(H,10,11). The molecule has 1 heterocycles. The average molecular weight is 246 g/mol. The van der Waals surface area contributed by atoms with Crippen molar-refractivity contribution in [1.29, 1.82) is 0 Å². The van der Waals surface area contributed by atoms with Gasteiger partial charge in [-0.25, -0.2) is 9.59 Å². The third kappa shape index (κ3) is 2.51. The molecule has 0 saturated carbocycles. The van der Waals surface area contributed by atoms with E-state index < -0.39 is 11.9 Å². The van der Waals surface area contributed by atoms with Gasteiger partial charge in [0.25, 0.3) is 0 Å². The molecule has 0 aromatic carbocycles. The van der Waals surface area contributed by atoms with E-state index in [2.05, 4.69) is 12.6 Å². The Morgan fingerprint density at radius 2 is 2.27 bits per heavy atom. The fourth-order valence-electron chi connectivity index (χ4n) is 1.09. The molecule has 82 valence electrons. The number of aromatic carboxylic acids is 1. The number of carbonyl (C=O) groups excluding carboxylic acids is 1. The maximum Gasteiger partial charge on any atom is 0.348 e. The predicted octanol–water partition coefficient (Wildman–Crippen LogP) is 2.05. The summed E-state index contributed by atoms with van der Waals surface area (Å²) >= 11 is 5.08. The number of carbonyl (C=O) groups is 2. The lowest BCUT2D eigenvalue weighted by molar-refractivity contribution is 0.0531. The highest BCUT2D eigenvalue weighted by Crippen LogP contribution is 2.25. The number of carboxylic acids is 1. The van der Waals surface area contributed by atoms with Crippen LogP contribution in [0.4, 0.5) is 0 Å². The van der Waals surface area contributed by atoms with Gasteiger partial charge in [0.1, 0.15) is 4.88 Å². The van der Waals surface area contributed by atoms with Gasteiger partial charge in [-0.05, 0) is 6.92 Å². The van der Waals surface area contributed by atoms with Gasteiger partial charge in [0.15, 0.2) is 0 Å². The first-order chi connectivity index (χ1) is 7.11. The van der Waals surface area contributed by atoms with E-state index in [4.69, 9.17) is 9.84 Å². The monoisotopic (exact) mass is 246 g/mol. The van der Waals surface area contributed by atoms with E-state index in [-0.39, 0.29) is 17.9 Å². The summed E-state index contributed by atoms with van der Waals surface area (Å²) in [4.78, 5) is 22.5. The van der Waals surface area contributed by atoms with E-state index >= 15 is 0 Å². The molecule has 15 heavy (non-hydrogen) atoms. The van der Waals surface area contributed by atoms with E-state index in [0.29, 0.717) is 10.4 Å². The second-order valence-corrected chi connectivity index (χ2v) is 3.84. The van der Waals surface area contributed by atoms with Crippen LogP contribution >= 0.6 is 24.0 Å². The number of hydrogen-bond acceptors (Lipinski definition) is 5. The van der Waals surface area contributed by atoms with E-state index in [1.165, 1.54) is 5.38 Å². The van der Waals surface area contributed by atoms with Crippen molar-refractivity contribution in [2.75, 3.05) is 6.61 Å². The molecule has 1 rings (SSSR count). The number of thiol groups is 1. The number of carboxylic acid groups (broad SMARTS) is 1. The lowest BCUT2D eigenvalue weighted by Crippen LogP contribution is -2.06. The zero-order valence-electron chi connectivity index (χ0n) is 8.02. The zero-order valence-corrected chi connectivity index (χ0v) is 9.73. The molecular formula is C9H10O4S2. The van der Waals surface area contributed by atoms with Crippen molar-refractivity contribution < 1.29 is 19.4 Å². The summed E-state index contributed by atoms with van der Waals surface area (Å²) in [7, 11) is 0. The SMILES string of the molecule is CCOC(=O)c1scc(C(=O)O)c1CS. The first-order valence-electron chi connectivity index (χ1n) is 4.23. The van der Waals surface area contributed by atoms with Crippen LogP contribution in [0.15, 0.2) is 5.38 Å². The second kappa shape index (κ2) is 5.18. The Morgan fingerprint density at radius 1 is 1.60 bits per heavy atom. The molecule has 0 aliphatic rings. The van der Waals surface area contributed by atoms with Crippen LogP contribution in [0.2, 0.25) is 0 Å². The molecule has 6 heteroatoms. The van der Waals surface area contributed by atoms with Crippen LogP contribution in [0.1, 0.15) is 32.5 Å². The summed E-state index contributed by atoms with van der Waals surface area (Å²) in [5, 5.41) is 10.3. The van der Waals surface area contributed by atoms with Crippen LogP contribution < -0.4 is 0 Å². The van der Waals surface area contributed by atoms with Crippen molar-refractivity contribution in [3.63, 3.8) is 0 Å². The van der Waals surface area contributed by atoms with Gasteiger partial charge in [-0.1, -0.05) is 0 Å². The van der Waals surface area contributed by atoms with Gasteiger partial charge in [0.2, 0.25) is 0 Å². The minimum Gasteiger partial charge on any atom is -0.478 e. The Balaban J connectivity index is 3.09. The zero-order chi connectivity index (χ0) is 11.4. The molecule has 0 aliphatic carbocycles. The highest BCUT2D eigenvalue weighted by Gasteiger charge is 2.21. The Kier molecular flexibility index (Phi) is 4.16. The summed E-state index contributed by atoms with van der Waals surface area (Å²) in [6.45, 7) is 1.97. The normalized spacial score (nSPS) is 10.0. The van der Waals surface area contributed by atoms with Crippen LogP contribution in [0.25, 0.3) is 0 Å². The van der Waals surface area contributed by atoms with Gasteiger partial charge in [0.05, 0.1) is 12.2 Å². The van der Waals surface area contributed by atoms with Crippen molar-refractivity contribution in [3.8, 4) is 0 Å². The van der Waals surface area contributed by atoms with Crippen molar-refractivity contribution >= 4 is 35.9 Å². The molecule has 0 atom stereocenters. The average Bonchev–Trinajstić information content (AvgIpc) is 2.61. The molecule has 4 nitrogen and oxygen atoms in total. The van der Waals surface area contributed by atoms with Gasteiger partial charge >= 0.3 is 11.9 Å². The smallest absolute Gasteiger partial charge is 0.348 e. The predicted molar refractivity (Wildman–Crippen MR) is 59.9 cm³/mol. The molecule has 0 unspecified atom stereocenters. The first-order valence-corrected chi connectivity index (χ1v) is 5.74. The summed E-state index contributed by atoms with van der Waals surface area (Å²) < 4.78 is 4.81. The van der Waals surface area contributed by atoms with Crippen LogP contribution in [0.5, 0.6) is 0 Å². The van der Waals surface area contributed by atoms with E-state index in [9.17, 15) is 9.59 Å². The van der Waals surface area contributed by atoms with Gasteiger partial charge in [-0.3, -0.25) is 0 Å². The van der Waals surface area contributed by atoms with Crippen molar-refractivity contribution in [2.45, 2.75) is 12.7 Å². The molecule has 0 saturated heterocycles. The van der Waals surface area contributed by atoms with Crippen molar-refractivity contribution in [3.05, 3.63) is 21.4 Å². The maximum absolute atomic E-state index is 11.4. The van der Waals surface area contributed by atoms with E-state index in [1.807, 2.05) is 0 Å². The van der Waals surface area contributed by atoms with Gasteiger partial charge < -0.3 is 9.84 Å². The lowest BCUT2D eigenvalue weighted by Gasteiger charge is -2.01. The Labute approximate surface area is 96.3 Å². The molecule has 1 aromatic rings. The number of rotatable bonds is 4. The summed E-state index contributed by atoms with van der Waals surface area (Å²) in [6, 6.07) is 0. The molecule has 0 bridgehead atoms. The van der Waals surface area contributed by atoms with E-state index in [0.717, 1.165) is 11.3 Å². The maximum atomic E-state index is 11.4. The molecule has 0 aliphatic heterocycles. The topological polar surface area (TPSA) is 63.6 Å². The molecular weight excluding hydrogens is 236 g/mol. The minimum absolute atomic E-state index is 0.123. The molecule has 0 spiro atoms. The van der Waals surface area contributed by atoms with Crippen LogP contribution in [-0.2, 0) is 10.5 Å². The minimum atomic E-state index is -1.05. The third-order valence-electron chi connectivity index (χ3n) is 1.74. The Hall–Kier alpha value is -1.01. The number of hydrogen-bond donors (Lipinski definition) is 2. The molecule has 0 radical (unpaired) electrons. The van der Waals surface area contributed by atoms with E-state index in [1.54, 1.807) is 6.92 Å². The summed E-state index contributed by atoms with van der Waals surface area (Å²) in [5.74, 6) is -1.33. The summed E-state index contributed by atoms with van der Waals surface area (Å²) in [5.41, 5.74) is 0.548. The molecule has 0 fully saturated rings. The number of thiophene rings is 1. The number of esters is 1. The van der Waals surface area contributed by atoms with Crippen LogP contribution in [-0.4, -0.2) is 23.7 Å². The highest BCUT2D eigenvalue weighted by molar-refractivity contribution is 7.79. The summed E-state index contributed by atoms with van der Waals surface area (Å²) in [6.07, 6.45) is 0. The molecule has 0 amide bonds. The molecule has 1 N–H and O–H groups in total. The lowest BCUT2D eigenvalue weighted by atomic mass is 10.2. The van der Waals surface area contributed by atoms with Gasteiger partial charge in [0, 0.05) is 16.7 Å². The Bertz CT molecular complexity index is 383. The largest absolute Gasteiger partial charge is 0.478 e. The second-order valence-electron chi connectivity index (χ2n) is 2.64. The molecule has 1 aromatic heterocycles. The Morgan fingerprint density at radius 3 is 2.73 bits per heavy atom. The number of ether oxygens (including phenoxy) is 1. The van der Waals surface area contributed by atoms with Crippen LogP contribution in [0, 0.1) is 0 Å². The highest BCUT2D eigenvalue weighted by atomic mass is 32.1.